The van der Waals surface area contributed by atoms with Crippen molar-refractivity contribution in [1.82, 2.24) is 15.0 Å². The first-order chi connectivity index (χ1) is 12.4. The molecule has 1 aromatic carbocycles. The summed E-state index contributed by atoms with van der Waals surface area (Å²) < 4.78 is 40.0. The molecular formula is C16H12ClF3N4OS. The number of nitrogens with zero attached hydrogens (tertiary/aromatic N) is 3. The number of alkyl halides is 3. The minimum absolute atomic E-state index is 0.0681. The first-order valence-corrected chi connectivity index (χ1v) is 8.62. The second-order valence-electron chi connectivity index (χ2n) is 5.19. The molecule has 10 heteroatoms. The van der Waals surface area contributed by atoms with Gasteiger partial charge in [-0.05, 0) is 12.1 Å². The van der Waals surface area contributed by atoms with Crippen LogP contribution in [0.15, 0.2) is 42.0 Å². The maximum absolute atomic E-state index is 13.3. The van der Waals surface area contributed by atoms with E-state index in [4.69, 9.17) is 11.6 Å². The van der Waals surface area contributed by atoms with E-state index in [-0.39, 0.29) is 23.8 Å². The lowest BCUT2D eigenvalue weighted by Gasteiger charge is -2.15. The largest absolute Gasteiger partial charge is 0.418 e. The van der Waals surface area contributed by atoms with Gasteiger partial charge in [0.2, 0.25) is 5.95 Å². The van der Waals surface area contributed by atoms with Crippen LogP contribution in [0.5, 0.6) is 0 Å². The highest BCUT2D eigenvalue weighted by atomic mass is 35.5. The normalized spacial score (nSPS) is 12.8. The van der Waals surface area contributed by atoms with E-state index in [1.807, 2.05) is 0 Å². The van der Waals surface area contributed by atoms with E-state index in [9.17, 15) is 18.3 Å². The maximum atomic E-state index is 13.3. The second kappa shape index (κ2) is 7.56. The average Bonchev–Trinajstić information content (AvgIpc) is 3.13. The minimum atomic E-state index is -4.62. The Morgan fingerprint density at radius 2 is 2.00 bits per heavy atom. The van der Waals surface area contributed by atoms with Crippen molar-refractivity contribution >= 4 is 28.9 Å². The van der Waals surface area contributed by atoms with Crippen LogP contribution >= 0.6 is 22.9 Å². The van der Waals surface area contributed by atoms with Crippen molar-refractivity contribution in [1.29, 1.82) is 0 Å². The topological polar surface area (TPSA) is 70.9 Å². The molecular weight excluding hydrogens is 389 g/mol. The standard InChI is InChI=1S/C16H12ClF3N4OS/c17-10-3-1-2-9(13(10)16(18,19)20)11-4-5-22-15(24-11)23-8-12(25)14-21-6-7-26-14/h1-7,12,25H,8H2,(H,22,23,24). The Kier molecular flexibility index (Phi) is 5.40. The lowest BCUT2D eigenvalue weighted by Crippen LogP contribution is -2.14. The van der Waals surface area contributed by atoms with Crippen LogP contribution in [-0.4, -0.2) is 26.6 Å². The van der Waals surface area contributed by atoms with Gasteiger partial charge >= 0.3 is 6.18 Å². The molecule has 0 aliphatic rings. The van der Waals surface area contributed by atoms with Crippen LogP contribution < -0.4 is 5.32 Å². The minimum Gasteiger partial charge on any atom is -0.384 e. The number of aliphatic hydroxyl groups is 1. The highest BCUT2D eigenvalue weighted by Crippen LogP contribution is 2.40. The zero-order valence-corrected chi connectivity index (χ0v) is 14.6. The summed E-state index contributed by atoms with van der Waals surface area (Å²) in [7, 11) is 0. The fourth-order valence-corrected chi connectivity index (χ4v) is 3.20. The molecule has 2 N–H and O–H groups in total. The van der Waals surface area contributed by atoms with Crippen LogP contribution in [0, 0.1) is 0 Å². The monoisotopic (exact) mass is 400 g/mol. The second-order valence-corrected chi connectivity index (χ2v) is 6.53. The van der Waals surface area contributed by atoms with Crippen LogP contribution in [0.4, 0.5) is 19.1 Å². The number of halogens is 4. The van der Waals surface area contributed by atoms with Gasteiger partial charge in [-0.25, -0.2) is 15.0 Å². The Labute approximate surface area is 155 Å². The lowest BCUT2D eigenvalue weighted by molar-refractivity contribution is -0.137. The van der Waals surface area contributed by atoms with Gasteiger partial charge in [0.1, 0.15) is 11.1 Å². The molecule has 136 valence electrons. The van der Waals surface area contributed by atoms with Gasteiger partial charge in [-0.1, -0.05) is 23.7 Å². The number of hydrogen-bond donors (Lipinski definition) is 2. The molecule has 0 spiro atoms. The molecule has 0 aliphatic carbocycles. The van der Waals surface area contributed by atoms with Crippen molar-refractivity contribution in [2.45, 2.75) is 12.3 Å². The van der Waals surface area contributed by atoms with Crippen molar-refractivity contribution in [3.63, 3.8) is 0 Å². The van der Waals surface area contributed by atoms with Crippen LogP contribution in [0.2, 0.25) is 5.02 Å². The quantitative estimate of drug-likeness (QED) is 0.663. The fraction of sp³-hybridized carbons (Fsp3) is 0.188. The van der Waals surface area contributed by atoms with Crippen LogP contribution in [0.3, 0.4) is 0 Å². The summed E-state index contributed by atoms with van der Waals surface area (Å²) in [5.41, 5.74) is -1.02. The zero-order valence-electron chi connectivity index (χ0n) is 13.0. The van der Waals surface area contributed by atoms with Crippen molar-refractivity contribution in [2.24, 2.45) is 0 Å². The first-order valence-electron chi connectivity index (χ1n) is 7.36. The van der Waals surface area contributed by atoms with Crippen LogP contribution in [0.25, 0.3) is 11.3 Å². The molecule has 2 aromatic heterocycles. The Morgan fingerprint density at radius 3 is 2.69 bits per heavy atom. The highest BCUT2D eigenvalue weighted by Gasteiger charge is 2.36. The molecule has 0 fully saturated rings. The summed E-state index contributed by atoms with van der Waals surface area (Å²) in [6.07, 6.45) is -2.59. The van der Waals surface area contributed by atoms with Gasteiger partial charge in [-0.3, -0.25) is 0 Å². The summed E-state index contributed by atoms with van der Waals surface area (Å²) in [6, 6.07) is 5.27. The molecule has 3 rings (SSSR count). The molecule has 2 heterocycles. The molecule has 0 saturated heterocycles. The lowest BCUT2D eigenvalue weighted by atomic mass is 10.0. The molecule has 0 aliphatic heterocycles. The predicted octanol–water partition coefficient (Wildman–Crippen LogP) is 4.42. The van der Waals surface area contributed by atoms with E-state index in [2.05, 4.69) is 20.3 Å². The van der Waals surface area contributed by atoms with Gasteiger partial charge in [0.25, 0.3) is 0 Å². The number of benzene rings is 1. The highest BCUT2D eigenvalue weighted by molar-refractivity contribution is 7.09. The third kappa shape index (κ3) is 4.12. The number of anilines is 1. The number of nitrogens with one attached hydrogen (secondary N) is 1. The first kappa shape index (κ1) is 18.6. The van der Waals surface area contributed by atoms with E-state index >= 15 is 0 Å². The SMILES string of the molecule is OC(CNc1nccc(-c2cccc(Cl)c2C(F)(F)F)n1)c1nccs1. The number of thiazole rings is 1. The van der Waals surface area contributed by atoms with Gasteiger partial charge in [0, 0.05) is 23.3 Å². The zero-order chi connectivity index (χ0) is 18.7. The predicted molar refractivity (Wildman–Crippen MR) is 93.0 cm³/mol. The molecule has 26 heavy (non-hydrogen) atoms. The van der Waals surface area contributed by atoms with E-state index < -0.39 is 22.9 Å². The Bertz CT molecular complexity index is 889. The van der Waals surface area contributed by atoms with Crippen molar-refractivity contribution in [3.8, 4) is 11.3 Å². The number of aromatic nitrogens is 3. The molecule has 0 saturated carbocycles. The summed E-state index contributed by atoms with van der Waals surface area (Å²) >= 11 is 7.04. The molecule has 1 unspecified atom stereocenters. The van der Waals surface area contributed by atoms with Gasteiger partial charge < -0.3 is 10.4 Å². The van der Waals surface area contributed by atoms with Crippen molar-refractivity contribution in [3.05, 3.63) is 57.6 Å². The molecule has 0 amide bonds. The summed E-state index contributed by atoms with van der Waals surface area (Å²) in [5.74, 6) is 0.0891. The van der Waals surface area contributed by atoms with Crippen LogP contribution in [0.1, 0.15) is 16.7 Å². The van der Waals surface area contributed by atoms with E-state index in [0.717, 1.165) is 0 Å². The third-order valence-corrected chi connectivity index (χ3v) is 4.61. The Hall–Kier alpha value is -2.23. The van der Waals surface area contributed by atoms with E-state index in [1.54, 1.807) is 11.6 Å². The summed E-state index contributed by atoms with van der Waals surface area (Å²) in [5, 5.41) is 14.6. The number of aliphatic hydroxyl groups excluding tert-OH is 1. The van der Waals surface area contributed by atoms with Gasteiger partial charge in [0.15, 0.2) is 0 Å². The van der Waals surface area contributed by atoms with Crippen molar-refractivity contribution in [2.75, 3.05) is 11.9 Å². The maximum Gasteiger partial charge on any atom is 0.418 e. The smallest absolute Gasteiger partial charge is 0.384 e. The van der Waals surface area contributed by atoms with Crippen LogP contribution in [-0.2, 0) is 6.18 Å². The third-order valence-electron chi connectivity index (χ3n) is 3.42. The molecule has 0 bridgehead atoms. The van der Waals surface area contributed by atoms with Gasteiger partial charge in [0.05, 0.1) is 22.8 Å². The average molecular weight is 401 g/mol. The fourth-order valence-electron chi connectivity index (χ4n) is 2.29. The summed E-state index contributed by atoms with van der Waals surface area (Å²) in [6.45, 7) is 0.0681. The van der Waals surface area contributed by atoms with Gasteiger partial charge in [-0.2, -0.15) is 13.2 Å². The Balaban J connectivity index is 1.85. The molecule has 0 radical (unpaired) electrons. The van der Waals surface area contributed by atoms with E-state index in [0.29, 0.717) is 5.01 Å². The van der Waals surface area contributed by atoms with Gasteiger partial charge in [-0.15, -0.1) is 11.3 Å². The molecule has 1 atom stereocenters. The number of hydrogen-bond acceptors (Lipinski definition) is 6. The molecule has 3 aromatic rings. The number of rotatable bonds is 5. The van der Waals surface area contributed by atoms with E-state index in [1.165, 1.54) is 41.8 Å². The summed E-state index contributed by atoms with van der Waals surface area (Å²) in [4.78, 5) is 12.1. The van der Waals surface area contributed by atoms with Crippen molar-refractivity contribution < 1.29 is 18.3 Å². The Morgan fingerprint density at radius 1 is 1.19 bits per heavy atom. The molecule has 5 nitrogen and oxygen atoms in total.